The number of thiocarbonyl (C=S) groups is 1. The zero-order valence-corrected chi connectivity index (χ0v) is 7.02. The van der Waals surface area contributed by atoms with E-state index in [-0.39, 0.29) is 5.11 Å². The fourth-order valence-corrected chi connectivity index (χ4v) is 0.436. The Labute approximate surface area is 72.3 Å². The maximum Gasteiger partial charge on any atom is 0.324 e. The number of halogens is 4. The van der Waals surface area contributed by atoms with E-state index in [4.69, 9.17) is 0 Å². The summed E-state index contributed by atoms with van der Waals surface area (Å²) < 4.78 is 47.3. The van der Waals surface area contributed by atoms with Crippen molar-refractivity contribution in [3.63, 3.8) is 0 Å². The standard InChI is InChI=1S/C5H8F4N2S/c1-10-4(12)11-2-5(8,9)3(6)7/h3H,2H2,1H3,(H2,10,11,12). The molecule has 0 radical (unpaired) electrons. The Balaban J connectivity index is 3.83. The van der Waals surface area contributed by atoms with E-state index in [9.17, 15) is 17.6 Å². The molecule has 2 nitrogen and oxygen atoms in total. The molecule has 0 saturated heterocycles. The van der Waals surface area contributed by atoms with Gasteiger partial charge in [-0.2, -0.15) is 8.78 Å². The first-order chi connectivity index (χ1) is 5.40. The summed E-state index contributed by atoms with van der Waals surface area (Å²) in [6.45, 7) is -1.16. The molecule has 0 aromatic carbocycles. The minimum absolute atomic E-state index is 0.0877. The first-order valence-electron chi connectivity index (χ1n) is 3.01. The molecule has 0 aromatic rings. The fourth-order valence-electron chi connectivity index (χ4n) is 0.364. The Kier molecular flexibility index (Phi) is 4.22. The molecule has 7 heteroatoms. The van der Waals surface area contributed by atoms with Crippen LogP contribution in [0.3, 0.4) is 0 Å². The molecule has 0 bridgehead atoms. The van der Waals surface area contributed by atoms with E-state index in [0.717, 1.165) is 0 Å². The zero-order valence-electron chi connectivity index (χ0n) is 6.20. The number of alkyl halides is 4. The van der Waals surface area contributed by atoms with Crippen molar-refractivity contribution < 1.29 is 17.6 Å². The molecule has 0 aliphatic carbocycles. The van der Waals surface area contributed by atoms with E-state index < -0.39 is 18.9 Å². The molecule has 0 aliphatic heterocycles. The van der Waals surface area contributed by atoms with Crippen molar-refractivity contribution in [3.05, 3.63) is 0 Å². The molecule has 0 aliphatic rings. The van der Waals surface area contributed by atoms with Crippen molar-refractivity contribution >= 4 is 17.3 Å². The van der Waals surface area contributed by atoms with Gasteiger partial charge in [0.2, 0.25) is 0 Å². The maximum absolute atomic E-state index is 12.1. The quantitative estimate of drug-likeness (QED) is 0.529. The maximum atomic E-state index is 12.1. The minimum Gasteiger partial charge on any atom is -0.366 e. The van der Waals surface area contributed by atoms with Crippen LogP contribution in [0.15, 0.2) is 0 Å². The highest BCUT2D eigenvalue weighted by Crippen LogP contribution is 2.21. The van der Waals surface area contributed by atoms with E-state index in [1.807, 2.05) is 5.32 Å². The Morgan fingerprint density at radius 2 is 2.00 bits per heavy atom. The summed E-state index contributed by atoms with van der Waals surface area (Å²) in [6.07, 6.45) is -3.68. The molecule has 0 aromatic heterocycles. The molecule has 0 fully saturated rings. The van der Waals surface area contributed by atoms with E-state index in [1.165, 1.54) is 7.05 Å². The van der Waals surface area contributed by atoms with Crippen molar-refractivity contribution in [1.29, 1.82) is 0 Å². The van der Waals surface area contributed by atoms with Crippen LogP contribution in [0, 0.1) is 0 Å². The molecule has 0 unspecified atom stereocenters. The third-order valence-electron chi connectivity index (χ3n) is 1.03. The second-order valence-corrected chi connectivity index (χ2v) is 2.40. The van der Waals surface area contributed by atoms with E-state index in [2.05, 4.69) is 17.5 Å². The SMILES string of the molecule is CNC(=S)NCC(F)(F)C(F)F. The predicted octanol–water partition coefficient (Wildman–Crippen LogP) is 0.981. The van der Waals surface area contributed by atoms with Gasteiger partial charge in [0.25, 0.3) is 0 Å². The van der Waals surface area contributed by atoms with Crippen LogP contribution < -0.4 is 10.6 Å². The van der Waals surface area contributed by atoms with Crippen molar-refractivity contribution in [1.82, 2.24) is 10.6 Å². The topological polar surface area (TPSA) is 24.1 Å². The molecule has 0 atom stereocenters. The van der Waals surface area contributed by atoms with Gasteiger partial charge in [-0.1, -0.05) is 0 Å². The Morgan fingerprint density at radius 3 is 2.33 bits per heavy atom. The molecule has 0 rings (SSSR count). The van der Waals surface area contributed by atoms with Gasteiger partial charge in [-0.05, 0) is 12.2 Å². The second kappa shape index (κ2) is 4.44. The lowest BCUT2D eigenvalue weighted by Gasteiger charge is -2.16. The van der Waals surface area contributed by atoms with Gasteiger partial charge in [-0.25, -0.2) is 8.78 Å². The van der Waals surface area contributed by atoms with Crippen molar-refractivity contribution in [3.8, 4) is 0 Å². The molecule has 2 N–H and O–H groups in total. The van der Waals surface area contributed by atoms with Crippen LogP contribution in [0.2, 0.25) is 0 Å². The third-order valence-corrected chi connectivity index (χ3v) is 1.38. The second-order valence-electron chi connectivity index (χ2n) is 1.99. The van der Waals surface area contributed by atoms with Gasteiger partial charge in [0.05, 0.1) is 6.54 Å². The Bertz CT molecular complexity index is 162. The number of hydrogen-bond donors (Lipinski definition) is 2. The first kappa shape index (κ1) is 11.4. The average Bonchev–Trinajstić information content (AvgIpc) is 2.00. The summed E-state index contributed by atoms with van der Waals surface area (Å²) in [5, 5.41) is 4.18. The van der Waals surface area contributed by atoms with Gasteiger partial charge >= 0.3 is 12.3 Å². The first-order valence-corrected chi connectivity index (χ1v) is 3.42. The molecule has 0 spiro atoms. The highest BCUT2D eigenvalue weighted by molar-refractivity contribution is 7.80. The monoisotopic (exact) mass is 204 g/mol. The van der Waals surface area contributed by atoms with Gasteiger partial charge in [0.1, 0.15) is 0 Å². The van der Waals surface area contributed by atoms with Crippen molar-refractivity contribution in [2.45, 2.75) is 12.3 Å². The fraction of sp³-hybridized carbons (Fsp3) is 0.800. The lowest BCUT2D eigenvalue weighted by atomic mass is 10.3. The molecule has 0 heterocycles. The van der Waals surface area contributed by atoms with Crippen LogP contribution in [0.5, 0.6) is 0 Å². The van der Waals surface area contributed by atoms with Crippen LogP contribution >= 0.6 is 12.2 Å². The third kappa shape index (κ3) is 3.70. The van der Waals surface area contributed by atoms with Crippen molar-refractivity contribution in [2.24, 2.45) is 0 Å². The van der Waals surface area contributed by atoms with E-state index >= 15 is 0 Å². The summed E-state index contributed by atoms with van der Waals surface area (Å²) in [5.41, 5.74) is 0. The summed E-state index contributed by atoms with van der Waals surface area (Å²) in [6, 6.07) is 0. The molecule has 0 saturated carbocycles. The summed E-state index contributed by atoms with van der Waals surface area (Å²) >= 11 is 4.41. The predicted molar refractivity (Wildman–Crippen MR) is 40.6 cm³/mol. The molecule has 12 heavy (non-hydrogen) atoms. The Hall–Kier alpha value is -0.590. The summed E-state index contributed by atoms with van der Waals surface area (Å²) in [4.78, 5) is 0. The number of hydrogen-bond acceptors (Lipinski definition) is 1. The lowest BCUT2D eigenvalue weighted by Crippen LogP contribution is -2.44. The average molecular weight is 204 g/mol. The molecular weight excluding hydrogens is 196 g/mol. The largest absolute Gasteiger partial charge is 0.366 e. The van der Waals surface area contributed by atoms with Crippen LogP contribution in [-0.4, -0.2) is 31.1 Å². The molecule has 72 valence electrons. The minimum atomic E-state index is -4.04. The highest BCUT2D eigenvalue weighted by atomic mass is 32.1. The van der Waals surface area contributed by atoms with Gasteiger partial charge in [-0.15, -0.1) is 0 Å². The van der Waals surface area contributed by atoms with Gasteiger partial charge < -0.3 is 10.6 Å². The van der Waals surface area contributed by atoms with Crippen LogP contribution in [0.4, 0.5) is 17.6 Å². The van der Waals surface area contributed by atoms with Crippen molar-refractivity contribution in [2.75, 3.05) is 13.6 Å². The van der Waals surface area contributed by atoms with Gasteiger partial charge in [-0.3, -0.25) is 0 Å². The van der Waals surface area contributed by atoms with E-state index in [1.54, 1.807) is 0 Å². The zero-order chi connectivity index (χ0) is 9.78. The molecular formula is C5H8F4N2S. The number of nitrogens with one attached hydrogen (secondary N) is 2. The summed E-state index contributed by atoms with van der Waals surface area (Å²) in [7, 11) is 1.40. The van der Waals surface area contributed by atoms with Gasteiger partial charge in [0, 0.05) is 7.05 Å². The summed E-state index contributed by atoms with van der Waals surface area (Å²) in [5.74, 6) is -4.04. The van der Waals surface area contributed by atoms with Crippen LogP contribution in [0.1, 0.15) is 0 Å². The molecule has 0 amide bonds. The highest BCUT2D eigenvalue weighted by Gasteiger charge is 2.40. The number of rotatable bonds is 3. The smallest absolute Gasteiger partial charge is 0.324 e. The van der Waals surface area contributed by atoms with E-state index in [0.29, 0.717) is 0 Å². The lowest BCUT2D eigenvalue weighted by molar-refractivity contribution is -0.122. The van der Waals surface area contributed by atoms with Crippen LogP contribution in [-0.2, 0) is 0 Å². The normalized spacial score (nSPS) is 11.5. The van der Waals surface area contributed by atoms with Gasteiger partial charge in [0.15, 0.2) is 5.11 Å². The Morgan fingerprint density at radius 1 is 1.50 bits per heavy atom. The van der Waals surface area contributed by atoms with Crippen LogP contribution in [0.25, 0.3) is 0 Å².